The highest BCUT2D eigenvalue weighted by Gasteiger charge is 2.35. The van der Waals surface area contributed by atoms with Gasteiger partial charge in [0.15, 0.2) is 17.3 Å². The van der Waals surface area contributed by atoms with E-state index in [1.165, 1.54) is 0 Å². The van der Waals surface area contributed by atoms with Crippen molar-refractivity contribution in [2.45, 2.75) is 19.3 Å². The van der Waals surface area contributed by atoms with E-state index in [1.54, 1.807) is 12.1 Å². The number of aliphatic carboxylic acids is 1. The summed E-state index contributed by atoms with van der Waals surface area (Å²) in [6.45, 7) is 0.961. The Labute approximate surface area is 130 Å². The van der Waals surface area contributed by atoms with Crippen LogP contribution in [0, 0.1) is 11.8 Å². The molecule has 1 aromatic rings. The second-order valence-electron chi connectivity index (χ2n) is 5.39. The number of carboxylic acid groups (broad SMARTS) is 1. The highest BCUT2D eigenvalue weighted by atomic mass is 79.9. The van der Waals surface area contributed by atoms with Crippen molar-refractivity contribution in [1.82, 2.24) is 0 Å². The number of carboxylic acids is 1. The maximum atomic E-state index is 12.6. The van der Waals surface area contributed by atoms with Gasteiger partial charge in [0.1, 0.15) is 13.2 Å². The fourth-order valence-corrected chi connectivity index (χ4v) is 3.43. The summed E-state index contributed by atoms with van der Waals surface area (Å²) < 4.78 is 11.6. The molecule has 1 aromatic carbocycles. The van der Waals surface area contributed by atoms with E-state index in [0.717, 1.165) is 0 Å². The van der Waals surface area contributed by atoms with Crippen LogP contribution in [0.5, 0.6) is 11.5 Å². The molecule has 1 heterocycles. The van der Waals surface area contributed by atoms with E-state index in [1.807, 2.05) is 0 Å². The second kappa shape index (κ2) is 5.67. The van der Waals surface area contributed by atoms with Crippen molar-refractivity contribution in [3.8, 4) is 11.5 Å². The number of carbonyl (C=O) groups is 2. The molecule has 0 radical (unpaired) electrons. The van der Waals surface area contributed by atoms with Gasteiger partial charge in [-0.2, -0.15) is 0 Å². The number of hydrogen-bond donors (Lipinski definition) is 1. The molecule has 21 heavy (non-hydrogen) atoms. The molecular weight excluding hydrogens is 340 g/mol. The van der Waals surface area contributed by atoms with Crippen LogP contribution in [0.1, 0.15) is 29.6 Å². The van der Waals surface area contributed by atoms with Crippen LogP contribution in [0.2, 0.25) is 0 Å². The standard InChI is InChI=1S/C15H15BrO5/c16-11-7-13-12(20-3-4-21-13)6-10(11)14(17)8-1-2-9(5-8)15(18)19/h6-9H,1-5H2,(H,18,19). The predicted octanol–water partition coefficient (Wildman–Crippen LogP) is 2.90. The van der Waals surface area contributed by atoms with Crippen molar-refractivity contribution in [1.29, 1.82) is 0 Å². The maximum Gasteiger partial charge on any atom is 0.306 e. The van der Waals surface area contributed by atoms with E-state index >= 15 is 0 Å². The molecule has 0 bridgehead atoms. The SMILES string of the molecule is O=C(O)C1CCC(C(=O)c2cc3c(cc2Br)OCCO3)C1. The largest absolute Gasteiger partial charge is 0.486 e. The van der Waals surface area contributed by atoms with Gasteiger partial charge in [-0.25, -0.2) is 0 Å². The van der Waals surface area contributed by atoms with Crippen molar-refractivity contribution < 1.29 is 24.2 Å². The average Bonchev–Trinajstić information content (AvgIpc) is 2.96. The van der Waals surface area contributed by atoms with Crippen LogP contribution in [0.3, 0.4) is 0 Å². The smallest absolute Gasteiger partial charge is 0.306 e. The third kappa shape index (κ3) is 2.77. The van der Waals surface area contributed by atoms with Crippen molar-refractivity contribution >= 4 is 27.7 Å². The van der Waals surface area contributed by atoms with Gasteiger partial charge < -0.3 is 14.6 Å². The molecule has 0 spiro atoms. The summed E-state index contributed by atoms with van der Waals surface area (Å²) in [5, 5.41) is 9.04. The average molecular weight is 355 g/mol. The fourth-order valence-electron chi connectivity index (χ4n) is 2.92. The van der Waals surface area contributed by atoms with Crippen LogP contribution in [0.15, 0.2) is 16.6 Å². The Morgan fingerprint density at radius 3 is 2.33 bits per heavy atom. The minimum atomic E-state index is -0.813. The Kier molecular flexibility index (Phi) is 3.89. The lowest BCUT2D eigenvalue weighted by Crippen LogP contribution is -2.18. The first-order valence-electron chi connectivity index (χ1n) is 6.92. The van der Waals surface area contributed by atoms with E-state index in [2.05, 4.69) is 15.9 Å². The molecule has 5 nitrogen and oxygen atoms in total. The Bertz CT molecular complexity index is 598. The summed E-state index contributed by atoms with van der Waals surface area (Å²) in [5.41, 5.74) is 0.537. The molecule has 1 fully saturated rings. The monoisotopic (exact) mass is 354 g/mol. The van der Waals surface area contributed by atoms with Crippen molar-refractivity contribution in [3.05, 3.63) is 22.2 Å². The first kappa shape index (κ1) is 14.4. The van der Waals surface area contributed by atoms with Gasteiger partial charge in [-0.1, -0.05) is 0 Å². The van der Waals surface area contributed by atoms with Gasteiger partial charge in [-0.15, -0.1) is 0 Å². The molecule has 0 amide bonds. The number of ketones is 1. The summed E-state index contributed by atoms with van der Waals surface area (Å²) in [6, 6.07) is 3.43. The number of hydrogen-bond acceptors (Lipinski definition) is 4. The molecule has 2 atom stereocenters. The van der Waals surface area contributed by atoms with E-state index in [0.29, 0.717) is 54.0 Å². The molecule has 112 valence electrons. The molecule has 1 aliphatic carbocycles. The minimum Gasteiger partial charge on any atom is -0.486 e. The number of fused-ring (bicyclic) bond motifs is 1. The van der Waals surface area contributed by atoms with Crippen LogP contribution in [0.4, 0.5) is 0 Å². The summed E-state index contributed by atoms with van der Waals surface area (Å²) in [7, 11) is 0. The van der Waals surface area contributed by atoms with Gasteiger partial charge >= 0.3 is 5.97 Å². The first-order chi connectivity index (χ1) is 10.1. The number of carbonyl (C=O) groups excluding carboxylic acids is 1. The highest BCUT2D eigenvalue weighted by Crippen LogP contribution is 2.39. The van der Waals surface area contributed by atoms with Gasteiger partial charge in [0.05, 0.1) is 5.92 Å². The van der Waals surface area contributed by atoms with Gasteiger partial charge in [0.2, 0.25) is 0 Å². The van der Waals surface area contributed by atoms with E-state index in [9.17, 15) is 9.59 Å². The lowest BCUT2D eigenvalue weighted by Gasteiger charge is -2.20. The third-order valence-electron chi connectivity index (χ3n) is 4.05. The zero-order chi connectivity index (χ0) is 15.0. The zero-order valence-electron chi connectivity index (χ0n) is 11.3. The third-order valence-corrected chi connectivity index (χ3v) is 4.71. The summed E-state index contributed by atoms with van der Waals surface area (Å²) in [5.74, 6) is -0.283. The molecule has 2 unspecified atom stereocenters. The Hall–Kier alpha value is -1.56. The van der Waals surface area contributed by atoms with Gasteiger partial charge in [-0.05, 0) is 47.3 Å². The molecule has 2 aliphatic rings. The Balaban J connectivity index is 1.83. The molecule has 1 saturated carbocycles. The van der Waals surface area contributed by atoms with E-state index in [4.69, 9.17) is 14.6 Å². The topological polar surface area (TPSA) is 72.8 Å². The highest BCUT2D eigenvalue weighted by molar-refractivity contribution is 9.10. The molecule has 0 aromatic heterocycles. The summed E-state index contributed by atoms with van der Waals surface area (Å²) in [6.07, 6.45) is 1.60. The maximum absolute atomic E-state index is 12.6. The number of rotatable bonds is 3. The summed E-state index contributed by atoms with van der Waals surface area (Å²) >= 11 is 3.39. The fraction of sp³-hybridized carbons (Fsp3) is 0.467. The second-order valence-corrected chi connectivity index (χ2v) is 6.24. The van der Waals surface area contributed by atoms with Crippen molar-refractivity contribution in [2.75, 3.05) is 13.2 Å². The first-order valence-corrected chi connectivity index (χ1v) is 7.71. The zero-order valence-corrected chi connectivity index (χ0v) is 12.9. The van der Waals surface area contributed by atoms with Crippen LogP contribution in [0.25, 0.3) is 0 Å². The number of halogens is 1. The predicted molar refractivity (Wildman–Crippen MR) is 77.9 cm³/mol. The van der Waals surface area contributed by atoms with Gasteiger partial charge in [0.25, 0.3) is 0 Å². The molecule has 3 rings (SSSR count). The van der Waals surface area contributed by atoms with Crippen LogP contribution in [-0.4, -0.2) is 30.1 Å². The number of ether oxygens (including phenoxy) is 2. The number of benzene rings is 1. The van der Waals surface area contributed by atoms with E-state index in [-0.39, 0.29) is 11.7 Å². The molecule has 1 aliphatic heterocycles. The van der Waals surface area contributed by atoms with Gasteiger partial charge in [-0.3, -0.25) is 9.59 Å². The normalized spacial score (nSPS) is 23.9. The number of Topliss-reactive ketones (excluding diaryl/α,β-unsaturated/α-hetero) is 1. The summed E-state index contributed by atoms with van der Waals surface area (Å²) in [4.78, 5) is 23.6. The molecule has 1 N–H and O–H groups in total. The molecule has 0 saturated heterocycles. The molecule has 6 heteroatoms. The lowest BCUT2D eigenvalue weighted by atomic mass is 9.95. The van der Waals surface area contributed by atoms with E-state index < -0.39 is 11.9 Å². The van der Waals surface area contributed by atoms with Crippen LogP contribution >= 0.6 is 15.9 Å². The van der Waals surface area contributed by atoms with Crippen LogP contribution in [-0.2, 0) is 4.79 Å². The van der Waals surface area contributed by atoms with Crippen LogP contribution < -0.4 is 9.47 Å². The van der Waals surface area contributed by atoms with Crippen molar-refractivity contribution in [2.24, 2.45) is 11.8 Å². The quantitative estimate of drug-likeness (QED) is 0.844. The van der Waals surface area contributed by atoms with Gasteiger partial charge in [0, 0.05) is 16.0 Å². The Morgan fingerprint density at radius 2 is 1.71 bits per heavy atom. The molecular formula is C15H15BrO5. The Morgan fingerprint density at radius 1 is 1.10 bits per heavy atom. The van der Waals surface area contributed by atoms with Crippen molar-refractivity contribution in [3.63, 3.8) is 0 Å². The minimum absolute atomic E-state index is 0.0254. The lowest BCUT2D eigenvalue weighted by molar-refractivity contribution is -0.141.